The van der Waals surface area contributed by atoms with Gasteiger partial charge in [0, 0.05) is 6.04 Å². The fourth-order valence-corrected chi connectivity index (χ4v) is 2.40. The first-order valence-electron chi connectivity index (χ1n) is 8.55. The molecule has 0 aromatic rings. The number of carbonyl (C=O) groups is 1. The Morgan fingerprint density at radius 1 is 1.14 bits per heavy atom. The molecular weight excluding hydrogens is 264 g/mol. The van der Waals surface area contributed by atoms with Crippen molar-refractivity contribution in [2.75, 3.05) is 19.7 Å². The lowest BCUT2D eigenvalue weighted by Gasteiger charge is -2.27. The number of unbranched alkanes of at least 4 members (excludes halogenated alkanes) is 3. The monoisotopic (exact) mass is 300 g/mol. The second-order valence-corrected chi connectivity index (χ2v) is 6.43. The highest BCUT2D eigenvalue weighted by atomic mass is 16.5. The van der Waals surface area contributed by atoms with E-state index in [2.05, 4.69) is 25.7 Å². The van der Waals surface area contributed by atoms with E-state index in [-0.39, 0.29) is 5.97 Å². The van der Waals surface area contributed by atoms with Gasteiger partial charge in [0.25, 0.3) is 0 Å². The standard InChI is InChI=1S/C17H36N2O2/c1-6-8-10-13-19(15(3)4)14-11-9-12-17(5,18)16(20)21-7-2/h15H,6-14,18H2,1-5H3. The molecule has 0 rings (SSSR count). The molecule has 4 nitrogen and oxygen atoms in total. The molecule has 0 aliphatic heterocycles. The number of nitrogens with zero attached hydrogens (tertiary/aromatic N) is 1. The van der Waals surface area contributed by atoms with Crippen LogP contribution in [0.5, 0.6) is 0 Å². The highest BCUT2D eigenvalue weighted by Crippen LogP contribution is 2.14. The highest BCUT2D eigenvalue weighted by molar-refractivity contribution is 5.79. The second-order valence-electron chi connectivity index (χ2n) is 6.43. The smallest absolute Gasteiger partial charge is 0.325 e. The molecule has 0 fully saturated rings. The van der Waals surface area contributed by atoms with Gasteiger partial charge in [-0.25, -0.2) is 0 Å². The molecule has 0 aromatic heterocycles. The first-order chi connectivity index (χ1) is 9.85. The first-order valence-corrected chi connectivity index (χ1v) is 8.55. The van der Waals surface area contributed by atoms with E-state index in [9.17, 15) is 4.79 Å². The molecule has 1 atom stereocenters. The lowest BCUT2D eigenvalue weighted by atomic mass is 9.96. The lowest BCUT2D eigenvalue weighted by molar-refractivity contribution is -0.149. The molecule has 0 aliphatic carbocycles. The van der Waals surface area contributed by atoms with Crippen molar-refractivity contribution in [3.8, 4) is 0 Å². The highest BCUT2D eigenvalue weighted by Gasteiger charge is 2.29. The van der Waals surface area contributed by atoms with Gasteiger partial charge in [-0.1, -0.05) is 19.8 Å². The van der Waals surface area contributed by atoms with Crippen LogP contribution >= 0.6 is 0 Å². The van der Waals surface area contributed by atoms with Gasteiger partial charge < -0.3 is 15.4 Å². The fraction of sp³-hybridized carbons (Fsp3) is 0.941. The fourth-order valence-electron chi connectivity index (χ4n) is 2.40. The molecule has 0 aromatic carbocycles. The molecule has 4 heteroatoms. The predicted octanol–water partition coefficient (Wildman–Crippen LogP) is 3.34. The van der Waals surface area contributed by atoms with Gasteiger partial charge in [0.15, 0.2) is 0 Å². The number of carbonyl (C=O) groups excluding carboxylic acids is 1. The number of esters is 1. The minimum Gasteiger partial charge on any atom is -0.465 e. The van der Waals surface area contributed by atoms with E-state index in [4.69, 9.17) is 10.5 Å². The average Bonchev–Trinajstić information content (AvgIpc) is 2.41. The number of rotatable bonds is 12. The van der Waals surface area contributed by atoms with Gasteiger partial charge in [-0.15, -0.1) is 0 Å². The summed E-state index contributed by atoms with van der Waals surface area (Å²) in [5.41, 5.74) is 5.19. The third kappa shape index (κ3) is 9.10. The van der Waals surface area contributed by atoms with Crippen molar-refractivity contribution >= 4 is 5.97 Å². The summed E-state index contributed by atoms with van der Waals surface area (Å²) < 4.78 is 5.01. The number of nitrogens with two attached hydrogens (primary N) is 1. The van der Waals surface area contributed by atoms with E-state index in [1.165, 1.54) is 25.8 Å². The summed E-state index contributed by atoms with van der Waals surface area (Å²) in [6, 6.07) is 0.580. The Morgan fingerprint density at radius 2 is 1.71 bits per heavy atom. The maximum absolute atomic E-state index is 11.7. The molecule has 0 saturated heterocycles. The summed E-state index contributed by atoms with van der Waals surface area (Å²) in [6.45, 7) is 13.0. The summed E-state index contributed by atoms with van der Waals surface area (Å²) in [6.07, 6.45) is 6.56. The van der Waals surface area contributed by atoms with Crippen LogP contribution in [0.4, 0.5) is 0 Å². The molecule has 0 radical (unpaired) electrons. The summed E-state index contributed by atoms with van der Waals surface area (Å²) in [5.74, 6) is -0.284. The molecule has 0 aliphatic rings. The van der Waals surface area contributed by atoms with Crippen LogP contribution in [0.25, 0.3) is 0 Å². The van der Waals surface area contributed by atoms with E-state index < -0.39 is 5.54 Å². The molecule has 0 heterocycles. The minimum absolute atomic E-state index is 0.284. The number of hydrogen-bond acceptors (Lipinski definition) is 4. The van der Waals surface area contributed by atoms with Gasteiger partial charge in [0.05, 0.1) is 6.61 Å². The van der Waals surface area contributed by atoms with Crippen molar-refractivity contribution in [2.24, 2.45) is 5.73 Å². The van der Waals surface area contributed by atoms with E-state index in [0.717, 1.165) is 19.4 Å². The lowest BCUT2D eigenvalue weighted by Crippen LogP contribution is -2.46. The van der Waals surface area contributed by atoms with Crippen LogP contribution in [0.1, 0.15) is 73.1 Å². The van der Waals surface area contributed by atoms with Crippen molar-refractivity contribution < 1.29 is 9.53 Å². The van der Waals surface area contributed by atoms with Gasteiger partial charge in [-0.05, 0) is 66.5 Å². The zero-order valence-electron chi connectivity index (χ0n) is 14.8. The molecule has 126 valence electrons. The average molecular weight is 300 g/mol. The van der Waals surface area contributed by atoms with Crippen LogP contribution in [0.3, 0.4) is 0 Å². The third-order valence-electron chi connectivity index (χ3n) is 3.91. The molecule has 0 spiro atoms. The Bertz CT molecular complexity index is 278. The molecule has 0 bridgehead atoms. The minimum atomic E-state index is -0.846. The maximum Gasteiger partial charge on any atom is 0.325 e. The van der Waals surface area contributed by atoms with Crippen molar-refractivity contribution in [3.63, 3.8) is 0 Å². The summed E-state index contributed by atoms with van der Waals surface area (Å²) in [7, 11) is 0. The quantitative estimate of drug-likeness (QED) is 0.443. The molecule has 21 heavy (non-hydrogen) atoms. The SMILES string of the molecule is CCCCCN(CCCCC(C)(N)C(=O)OCC)C(C)C. The first kappa shape index (κ1) is 20.4. The van der Waals surface area contributed by atoms with Crippen LogP contribution in [-0.2, 0) is 9.53 Å². The molecule has 0 amide bonds. The van der Waals surface area contributed by atoms with Gasteiger partial charge in [0.1, 0.15) is 5.54 Å². The van der Waals surface area contributed by atoms with Crippen LogP contribution in [0, 0.1) is 0 Å². The van der Waals surface area contributed by atoms with Crippen molar-refractivity contribution in [3.05, 3.63) is 0 Å². The second kappa shape index (κ2) is 11.0. The van der Waals surface area contributed by atoms with Crippen LogP contribution < -0.4 is 5.73 Å². The summed E-state index contributed by atoms with van der Waals surface area (Å²) in [5, 5.41) is 0. The normalized spacial score (nSPS) is 14.5. The number of hydrogen-bond donors (Lipinski definition) is 1. The Morgan fingerprint density at radius 3 is 2.19 bits per heavy atom. The topological polar surface area (TPSA) is 55.6 Å². The maximum atomic E-state index is 11.7. The largest absolute Gasteiger partial charge is 0.465 e. The van der Waals surface area contributed by atoms with E-state index in [0.29, 0.717) is 19.1 Å². The Hall–Kier alpha value is -0.610. The zero-order valence-corrected chi connectivity index (χ0v) is 14.8. The molecule has 2 N–H and O–H groups in total. The van der Waals surface area contributed by atoms with E-state index in [1.54, 1.807) is 6.92 Å². The van der Waals surface area contributed by atoms with Crippen molar-refractivity contribution in [1.29, 1.82) is 0 Å². The van der Waals surface area contributed by atoms with Gasteiger partial charge in [-0.3, -0.25) is 4.79 Å². The van der Waals surface area contributed by atoms with Crippen molar-refractivity contribution in [1.82, 2.24) is 4.90 Å². The predicted molar refractivity (Wildman–Crippen MR) is 89.3 cm³/mol. The van der Waals surface area contributed by atoms with Gasteiger partial charge in [-0.2, -0.15) is 0 Å². The summed E-state index contributed by atoms with van der Waals surface area (Å²) >= 11 is 0. The van der Waals surface area contributed by atoms with Crippen LogP contribution in [-0.4, -0.2) is 42.1 Å². The Kier molecular flexibility index (Phi) is 10.7. The number of ether oxygens (including phenoxy) is 1. The Labute approximate surface area is 131 Å². The van der Waals surface area contributed by atoms with E-state index in [1.807, 2.05) is 6.92 Å². The Balaban J connectivity index is 4.01. The molecule has 1 unspecified atom stereocenters. The van der Waals surface area contributed by atoms with E-state index >= 15 is 0 Å². The molecular formula is C17H36N2O2. The van der Waals surface area contributed by atoms with Gasteiger partial charge in [0.2, 0.25) is 0 Å². The van der Waals surface area contributed by atoms with Gasteiger partial charge >= 0.3 is 5.97 Å². The van der Waals surface area contributed by atoms with Crippen LogP contribution in [0.15, 0.2) is 0 Å². The van der Waals surface area contributed by atoms with Crippen LogP contribution in [0.2, 0.25) is 0 Å². The van der Waals surface area contributed by atoms with Crippen molar-refractivity contribution in [2.45, 2.75) is 84.7 Å². The zero-order chi connectivity index (χ0) is 16.3. The summed E-state index contributed by atoms with van der Waals surface area (Å²) in [4.78, 5) is 14.2. The molecule has 0 saturated carbocycles. The third-order valence-corrected chi connectivity index (χ3v) is 3.91.